The highest BCUT2D eigenvalue weighted by Crippen LogP contribution is 2.18. The van der Waals surface area contributed by atoms with Crippen LogP contribution in [0, 0.1) is 12.7 Å². The lowest BCUT2D eigenvalue weighted by Gasteiger charge is -2.24. The van der Waals surface area contributed by atoms with Crippen LogP contribution in [-0.4, -0.2) is 13.1 Å². The van der Waals surface area contributed by atoms with Gasteiger partial charge >= 0.3 is 0 Å². The molecule has 2 rings (SSSR count). The lowest BCUT2D eigenvalue weighted by Crippen LogP contribution is -2.29. The van der Waals surface area contributed by atoms with Gasteiger partial charge in [-0.2, -0.15) is 0 Å². The van der Waals surface area contributed by atoms with Gasteiger partial charge in [-0.05, 0) is 30.7 Å². The molecule has 0 radical (unpaired) electrons. The molecule has 19 heavy (non-hydrogen) atoms. The van der Waals surface area contributed by atoms with Crippen molar-refractivity contribution in [2.45, 2.75) is 13.5 Å². The number of aryl methyl sites for hydroxylation is 1. The molecule has 0 aliphatic rings. The molecule has 2 N–H and O–H groups in total. The number of halogens is 1. The fourth-order valence-corrected chi connectivity index (χ4v) is 2.16. The summed E-state index contributed by atoms with van der Waals surface area (Å²) in [4.78, 5) is 2.10. The Morgan fingerprint density at radius 2 is 1.89 bits per heavy atom. The first kappa shape index (κ1) is 13.6. The quantitative estimate of drug-likeness (QED) is 0.893. The third-order valence-corrected chi connectivity index (χ3v) is 3.03. The molecule has 0 spiro atoms. The number of hydrogen-bond donors (Lipinski definition) is 1. The average molecular weight is 258 g/mol. The number of rotatable bonds is 5. The Hall–Kier alpha value is -1.87. The van der Waals surface area contributed by atoms with E-state index in [0.717, 1.165) is 12.2 Å². The molecule has 0 aromatic heterocycles. The lowest BCUT2D eigenvalue weighted by molar-refractivity contribution is 0.626. The molecular formula is C16H19FN2. The summed E-state index contributed by atoms with van der Waals surface area (Å²) in [6.45, 7) is 4.06. The Bertz CT molecular complexity index is 540. The minimum Gasteiger partial charge on any atom is -0.366 e. The van der Waals surface area contributed by atoms with E-state index in [9.17, 15) is 4.39 Å². The number of nitrogens with two attached hydrogens (primary N) is 1. The Morgan fingerprint density at radius 3 is 2.58 bits per heavy atom. The third-order valence-electron chi connectivity index (χ3n) is 3.03. The maximum absolute atomic E-state index is 13.3. The topological polar surface area (TPSA) is 29.3 Å². The predicted octanol–water partition coefficient (Wildman–Crippen LogP) is 3.10. The highest BCUT2D eigenvalue weighted by atomic mass is 19.1. The molecule has 0 atom stereocenters. The van der Waals surface area contributed by atoms with Gasteiger partial charge in [0, 0.05) is 25.3 Å². The summed E-state index contributed by atoms with van der Waals surface area (Å²) >= 11 is 0. The van der Waals surface area contributed by atoms with E-state index in [1.54, 1.807) is 12.1 Å². The number of benzene rings is 2. The molecule has 2 aromatic rings. The monoisotopic (exact) mass is 258 g/mol. The molecular weight excluding hydrogens is 239 g/mol. The molecule has 0 amide bonds. The van der Waals surface area contributed by atoms with E-state index in [1.807, 2.05) is 12.1 Å². The Morgan fingerprint density at radius 1 is 1.11 bits per heavy atom. The summed E-state index contributed by atoms with van der Waals surface area (Å²) in [5.74, 6) is -0.219. The van der Waals surface area contributed by atoms with Crippen molar-refractivity contribution in [3.05, 3.63) is 65.5 Å². The van der Waals surface area contributed by atoms with Crippen LogP contribution < -0.4 is 10.6 Å². The molecule has 2 nitrogen and oxygen atoms in total. The van der Waals surface area contributed by atoms with Crippen molar-refractivity contribution in [3.63, 3.8) is 0 Å². The number of hydrogen-bond acceptors (Lipinski definition) is 2. The minimum atomic E-state index is -0.219. The highest BCUT2D eigenvalue weighted by Gasteiger charge is 2.07. The van der Waals surface area contributed by atoms with Gasteiger partial charge in [0.2, 0.25) is 0 Å². The van der Waals surface area contributed by atoms with E-state index in [0.29, 0.717) is 13.1 Å². The second-order valence-electron chi connectivity index (χ2n) is 4.68. The van der Waals surface area contributed by atoms with Crippen LogP contribution in [-0.2, 0) is 6.54 Å². The Labute approximate surface area is 113 Å². The maximum Gasteiger partial charge on any atom is 0.125 e. The van der Waals surface area contributed by atoms with Gasteiger partial charge in [-0.3, -0.25) is 0 Å². The van der Waals surface area contributed by atoms with Crippen molar-refractivity contribution < 1.29 is 4.39 Å². The second-order valence-corrected chi connectivity index (χ2v) is 4.68. The predicted molar refractivity (Wildman–Crippen MR) is 77.7 cm³/mol. The van der Waals surface area contributed by atoms with Crippen LogP contribution in [0.15, 0.2) is 48.5 Å². The number of nitrogens with zero attached hydrogens (tertiary/aromatic N) is 1. The average Bonchev–Trinajstić information content (AvgIpc) is 2.38. The molecule has 0 saturated carbocycles. The zero-order chi connectivity index (χ0) is 13.7. The Balaban J connectivity index is 2.21. The minimum absolute atomic E-state index is 0.219. The van der Waals surface area contributed by atoms with Crippen molar-refractivity contribution in [1.29, 1.82) is 0 Å². The van der Waals surface area contributed by atoms with Crippen molar-refractivity contribution in [1.82, 2.24) is 0 Å². The van der Waals surface area contributed by atoms with Gasteiger partial charge in [-0.25, -0.2) is 4.39 Å². The molecule has 0 unspecified atom stereocenters. The van der Waals surface area contributed by atoms with Gasteiger partial charge in [0.05, 0.1) is 0 Å². The SMILES string of the molecule is Cc1cccc(CN(CCN)c2cccc(F)c2)c1. The van der Waals surface area contributed by atoms with E-state index in [-0.39, 0.29) is 5.82 Å². The van der Waals surface area contributed by atoms with Crippen LogP contribution in [0.5, 0.6) is 0 Å². The number of anilines is 1. The summed E-state index contributed by atoms with van der Waals surface area (Å²) in [5.41, 5.74) is 8.95. The van der Waals surface area contributed by atoms with Gasteiger partial charge in [-0.1, -0.05) is 35.9 Å². The lowest BCUT2D eigenvalue weighted by atomic mass is 10.1. The van der Waals surface area contributed by atoms with Gasteiger partial charge in [0.25, 0.3) is 0 Å². The zero-order valence-corrected chi connectivity index (χ0v) is 11.1. The summed E-state index contributed by atoms with van der Waals surface area (Å²) in [5, 5.41) is 0. The molecule has 3 heteroatoms. The highest BCUT2D eigenvalue weighted by molar-refractivity contribution is 5.47. The van der Waals surface area contributed by atoms with Crippen LogP contribution >= 0.6 is 0 Å². The standard InChI is InChI=1S/C16H19FN2/c1-13-4-2-5-14(10-13)12-19(9-8-18)16-7-3-6-15(17)11-16/h2-7,10-11H,8-9,12,18H2,1H3. The van der Waals surface area contributed by atoms with Crippen molar-refractivity contribution >= 4 is 5.69 Å². The molecule has 2 aromatic carbocycles. The van der Waals surface area contributed by atoms with Crippen LogP contribution in [0.1, 0.15) is 11.1 Å². The van der Waals surface area contributed by atoms with E-state index >= 15 is 0 Å². The second kappa shape index (κ2) is 6.34. The zero-order valence-electron chi connectivity index (χ0n) is 11.1. The first-order valence-corrected chi connectivity index (χ1v) is 6.45. The molecule has 0 saturated heterocycles. The molecule has 0 aliphatic carbocycles. The smallest absolute Gasteiger partial charge is 0.125 e. The van der Waals surface area contributed by atoms with E-state index < -0.39 is 0 Å². The van der Waals surface area contributed by atoms with Crippen molar-refractivity contribution in [3.8, 4) is 0 Å². The van der Waals surface area contributed by atoms with E-state index in [1.165, 1.54) is 17.2 Å². The van der Waals surface area contributed by atoms with Gasteiger partial charge < -0.3 is 10.6 Å². The molecule has 0 bridgehead atoms. The Kier molecular flexibility index (Phi) is 4.53. The van der Waals surface area contributed by atoms with E-state index in [2.05, 4.69) is 30.0 Å². The van der Waals surface area contributed by atoms with Gasteiger partial charge in [0.15, 0.2) is 0 Å². The van der Waals surface area contributed by atoms with Crippen LogP contribution in [0.4, 0.5) is 10.1 Å². The largest absolute Gasteiger partial charge is 0.366 e. The molecule has 0 fully saturated rings. The first-order valence-electron chi connectivity index (χ1n) is 6.45. The van der Waals surface area contributed by atoms with Crippen LogP contribution in [0.3, 0.4) is 0 Å². The van der Waals surface area contributed by atoms with Crippen LogP contribution in [0.2, 0.25) is 0 Å². The van der Waals surface area contributed by atoms with Crippen molar-refractivity contribution in [2.75, 3.05) is 18.0 Å². The fraction of sp³-hybridized carbons (Fsp3) is 0.250. The normalized spacial score (nSPS) is 10.5. The van der Waals surface area contributed by atoms with Gasteiger partial charge in [-0.15, -0.1) is 0 Å². The maximum atomic E-state index is 13.3. The van der Waals surface area contributed by atoms with Gasteiger partial charge in [0.1, 0.15) is 5.82 Å². The summed E-state index contributed by atoms with van der Waals surface area (Å²) in [7, 11) is 0. The fourth-order valence-electron chi connectivity index (χ4n) is 2.16. The third kappa shape index (κ3) is 3.80. The summed E-state index contributed by atoms with van der Waals surface area (Å²) in [6, 6.07) is 15.0. The summed E-state index contributed by atoms with van der Waals surface area (Å²) < 4.78 is 13.3. The van der Waals surface area contributed by atoms with E-state index in [4.69, 9.17) is 5.73 Å². The molecule has 0 heterocycles. The van der Waals surface area contributed by atoms with Crippen LogP contribution in [0.25, 0.3) is 0 Å². The summed E-state index contributed by atoms with van der Waals surface area (Å²) in [6.07, 6.45) is 0. The molecule has 100 valence electrons. The van der Waals surface area contributed by atoms with Crippen molar-refractivity contribution in [2.24, 2.45) is 5.73 Å². The molecule has 0 aliphatic heterocycles. The first-order chi connectivity index (χ1) is 9.19.